The summed E-state index contributed by atoms with van der Waals surface area (Å²) in [5.41, 5.74) is 4.77. The third kappa shape index (κ3) is 4.71. The lowest BCUT2D eigenvalue weighted by Crippen LogP contribution is -2.46. The van der Waals surface area contributed by atoms with E-state index in [1.807, 2.05) is 55.1 Å². The number of fused-ring (bicyclic) bond motifs is 1. The second-order valence-electron chi connectivity index (χ2n) is 9.54. The third-order valence-corrected chi connectivity index (χ3v) is 8.16. The number of anilines is 2. The van der Waals surface area contributed by atoms with Crippen LogP contribution in [0.15, 0.2) is 47.4 Å². The van der Waals surface area contributed by atoms with E-state index in [0.717, 1.165) is 24.3 Å². The normalized spacial score (nSPS) is 17.8. The Morgan fingerprint density at radius 2 is 1.92 bits per heavy atom. The molecule has 11 heteroatoms. The molecule has 2 aromatic carbocycles. The highest BCUT2D eigenvalue weighted by molar-refractivity contribution is 8.00. The molecule has 2 saturated heterocycles. The highest BCUT2D eigenvalue weighted by Gasteiger charge is 2.36. The highest BCUT2D eigenvalue weighted by atomic mass is 32.2. The minimum Gasteiger partial charge on any atom is -0.377 e. The molecular formula is C27H31FN6O3S. The molecule has 1 atom stereocenters. The molecule has 2 N–H and O–H groups in total. The van der Waals surface area contributed by atoms with Gasteiger partial charge in [0.1, 0.15) is 16.8 Å². The molecule has 3 heterocycles. The van der Waals surface area contributed by atoms with Crippen molar-refractivity contribution in [3.8, 4) is 0 Å². The first kappa shape index (κ1) is 26.1. The van der Waals surface area contributed by atoms with Gasteiger partial charge >= 0.3 is 0 Å². The number of hydrogen-bond donors (Lipinski definition) is 2. The van der Waals surface area contributed by atoms with Crippen LogP contribution in [0.2, 0.25) is 0 Å². The number of para-hydroxylation sites is 1. The zero-order valence-electron chi connectivity index (χ0n) is 21.7. The Bertz CT molecular complexity index is 1450. The molecule has 1 unspecified atom stereocenters. The van der Waals surface area contributed by atoms with E-state index in [1.54, 1.807) is 10.6 Å². The maximum atomic E-state index is 15.2. The average molecular weight is 539 g/mol. The number of halogens is 1. The van der Waals surface area contributed by atoms with Crippen molar-refractivity contribution < 1.29 is 14.0 Å². The van der Waals surface area contributed by atoms with E-state index in [0.29, 0.717) is 30.8 Å². The minimum absolute atomic E-state index is 0.132. The number of pyridine rings is 1. The standard InChI is InChI=1S/C27H31FN6O3S/c1-4-32-15-19(25(36)18-13-20(28)23(14-22(18)32)33-11-9-29-10-12-33)26(37)30-34-24(35)16-38-27(34)17-7-5-6-8-21(17)31(2)3/h5-8,13-15,27,29H,4,9-12,16H2,1-3H3,(H,30,37). The predicted octanol–water partition coefficient (Wildman–Crippen LogP) is 2.56. The first-order valence-corrected chi connectivity index (χ1v) is 13.7. The van der Waals surface area contributed by atoms with Gasteiger partial charge in [-0.3, -0.25) is 19.8 Å². The van der Waals surface area contributed by atoms with Gasteiger partial charge < -0.3 is 19.7 Å². The highest BCUT2D eigenvalue weighted by Crippen LogP contribution is 2.41. The van der Waals surface area contributed by atoms with Crippen molar-refractivity contribution in [2.45, 2.75) is 18.8 Å². The Morgan fingerprint density at radius 3 is 2.63 bits per heavy atom. The first-order valence-electron chi connectivity index (χ1n) is 12.6. The summed E-state index contributed by atoms with van der Waals surface area (Å²) >= 11 is 1.40. The average Bonchev–Trinajstić information content (AvgIpc) is 3.28. The summed E-state index contributed by atoms with van der Waals surface area (Å²) in [4.78, 5) is 43.6. The number of carbonyl (C=O) groups is 2. The quantitative estimate of drug-likeness (QED) is 0.499. The number of nitrogens with one attached hydrogen (secondary N) is 2. The van der Waals surface area contributed by atoms with Crippen LogP contribution < -0.4 is 26.0 Å². The lowest BCUT2D eigenvalue weighted by atomic mass is 10.1. The van der Waals surface area contributed by atoms with Crippen molar-refractivity contribution in [3.05, 3.63) is 69.8 Å². The Morgan fingerprint density at radius 1 is 1.18 bits per heavy atom. The number of aromatic nitrogens is 1. The van der Waals surface area contributed by atoms with Crippen LogP contribution in [0.25, 0.3) is 10.9 Å². The summed E-state index contributed by atoms with van der Waals surface area (Å²) in [6.07, 6.45) is 1.50. The third-order valence-electron chi connectivity index (χ3n) is 6.97. The van der Waals surface area contributed by atoms with Crippen LogP contribution in [0.4, 0.5) is 15.8 Å². The fourth-order valence-electron chi connectivity index (χ4n) is 5.02. The van der Waals surface area contributed by atoms with E-state index in [2.05, 4.69) is 10.7 Å². The molecule has 9 nitrogen and oxygen atoms in total. The maximum absolute atomic E-state index is 15.2. The Kier molecular flexibility index (Phi) is 7.31. The fourth-order valence-corrected chi connectivity index (χ4v) is 6.16. The van der Waals surface area contributed by atoms with Crippen molar-refractivity contribution in [2.75, 3.05) is 55.8 Å². The van der Waals surface area contributed by atoms with Crippen LogP contribution in [0.1, 0.15) is 28.2 Å². The predicted molar refractivity (Wildman–Crippen MR) is 149 cm³/mol. The van der Waals surface area contributed by atoms with Crippen molar-refractivity contribution in [2.24, 2.45) is 0 Å². The number of carbonyl (C=O) groups excluding carboxylic acids is 2. The molecule has 2 aliphatic rings. The summed E-state index contributed by atoms with van der Waals surface area (Å²) in [6, 6.07) is 10.6. The van der Waals surface area contributed by atoms with Crippen molar-refractivity contribution in [3.63, 3.8) is 0 Å². The monoisotopic (exact) mass is 538 g/mol. The molecule has 2 aliphatic heterocycles. The van der Waals surface area contributed by atoms with Crippen LogP contribution >= 0.6 is 11.8 Å². The van der Waals surface area contributed by atoms with Crippen LogP contribution in [0.3, 0.4) is 0 Å². The van der Waals surface area contributed by atoms with E-state index >= 15 is 4.39 Å². The second-order valence-corrected chi connectivity index (χ2v) is 10.6. The molecule has 200 valence electrons. The molecule has 0 aliphatic carbocycles. The second kappa shape index (κ2) is 10.7. The molecule has 2 amide bonds. The summed E-state index contributed by atoms with van der Waals surface area (Å²) in [6.45, 7) is 5.21. The summed E-state index contributed by atoms with van der Waals surface area (Å²) in [5.74, 6) is -1.26. The van der Waals surface area contributed by atoms with Gasteiger partial charge in [-0.2, -0.15) is 0 Å². The number of hydrazine groups is 1. The van der Waals surface area contributed by atoms with Gasteiger partial charge in [0.05, 0.1) is 17.0 Å². The first-order chi connectivity index (χ1) is 18.3. The number of amides is 2. The van der Waals surface area contributed by atoms with E-state index < -0.39 is 22.5 Å². The van der Waals surface area contributed by atoms with Gasteiger partial charge in [0.25, 0.3) is 11.8 Å². The van der Waals surface area contributed by atoms with E-state index in [-0.39, 0.29) is 22.6 Å². The molecule has 0 spiro atoms. The zero-order chi connectivity index (χ0) is 27.0. The van der Waals surface area contributed by atoms with Crippen molar-refractivity contribution in [1.82, 2.24) is 20.3 Å². The molecule has 1 aromatic heterocycles. The van der Waals surface area contributed by atoms with Crippen LogP contribution in [0, 0.1) is 5.82 Å². The largest absolute Gasteiger partial charge is 0.377 e. The lowest BCUT2D eigenvalue weighted by molar-refractivity contribution is -0.130. The molecule has 0 bridgehead atoms. The molecule has 0 saturated carbocycles. The van der Waals surface area contributed by atoms with Gasteiger partial charge in [0, 0.05) is 69.7 Å². The molecule has 3 aromatic rings. The van der Waals surface area contributed by atoms with Gasteiger partial charge in [-0.05, 0) is 25.1 Å². The summed E-state index contributed by atoms with van der Waals surface area (Å²) in [7, 11) is 3.83. The Labute approximate surface area is 224 Å². The number of rotatable bonds is 6. The van der Waals surface area contributed by atoms with Gasteiger partial charge in [-0.15, -0.1) is 11.8 Å². The number of thioether (sulfide) groups is 1. The molecule has 0 radical (unpaired) electrons. The number of nitrogens with zero attached hydrogens (tertiary/aromatic N) is 4. The summed E-state index contributed by atoms with van der Waals surface area (Å²) in [5, 5.41) is 4.23. The van der Waals surface area contributed by atoms with Crippen molar-refractivity contribution >= 4 is 45.9 Å². The van der Waals surface area contributed by atoms with Crippen LogP contribution in [0.5, 0.6) is 0 Å². The van der Waals surface area contributed by atoms with Gasteiger partial charge in [-0.25, -0.2) is 9.40 Å². The molecular weight excluding hydrogens is 507 g/mol. The topological polar surface area (TPSA) is 89.9 Å². The summed E-state index contributed by atoms with van der Waals surface area (Å²) < 4.78 is 17.0. The Hall–Kier alpha value is -3.57. The smallest absolute Gasteiger partial charge is 0.275 e. The van der Waals surface area contributed by atoms with Gasteiger partial charge in [0.2, 0.25) is 5.43 Å². The number of hydrogen-bond acceptors (Lipinski definition) is 7. The number of piperazine rings is 1. The number of aryl methyl sites for hydroxylation is 1. The SMILES string of the molecule is CCn1cc(C(=O)NN2C(=O)CSC2c2ccccc2N(C)C)c(=O)c2cc(F)c(N3CCNCC3)cc21. The van der Waals surface area contributed by atoms with Gasteiger partial charge in [0.15, 0.2) is 0 Å². The van der Waals surface area contributed by atoms with Crippen molar-refractivity contribution in [1.29, 1.82) is 0 Å². The molecule has 5 rings (SSSR count). The van der Waals surface area contributed by atoms with E-state index in [9.17, 15) is 14.4 Å². The molecule has 38 heavy (non-hydrogen) atoms. The van der Waals surface area contributed by atoms with E-state index in [1.165, 1.54) is 29.0 Å². The maximum Gasteiger partial charge on any atom is 0.275 e. The Balaban J connectivity index is 1.50. The number of benzene rings is 2. The van der Waals surface area contributed by atoms with E-state index in [4.69, 9.17) is 0 Å². The molecule has 2 fully saturated rings. The van der Waals surface area contributed by atoms with Gasteiger partial charge in [-0.1, -0.05) is 18.2 Å². The minimum atomic E-state index is -0.700. The zero-order valence-corrected chi connectivity index (χ0v) is 22.5. The lowest BCUT2D eigenvalue weighted by Gasteiger charge is -2.30. The van der Waals surface area contributed by atoms with Crippen LogP contribution in [-0.4, -0.2) is 67.4 Å². The van der Waals surface area contributed by atoms with Crippen LogP contribution in [-0.2, 0) is 11.3 Å². The fraction of sp³-hybridized carbons (Fsp3) is 0.370.